The van der Waals surface area contributed by atoms with E-state index in [0.29, 0.717) is 12.1 Å². The van der Waals surface area contributed by atoms with Gasteiger partial charge in [0.1, 0.15) is 5.54 Å². The lowest BCUT2D eigenvalue weighted by molar-refractivity contribution is -0.182. The second-order valence-electron chi connectivity index (χ2n) is 4.43. The summed E-state index contributed by atoms with van der Waals surface area (Å²) in [6.45, 7) is 1.76. The molecule has 0 aromatic carbocycles. The molecular formula is C11H13F3N2O2S. The Labute approximate surface area is 112 Å². The average molecular weight is 294 g/mol. The zero-order valence-electron chi connectivity index (χ0n) is 10.2. The van der Waals surface area contributed by atoms with Crippen molar-refractivity contribution < 1.29 is 23.1 Å². The number of aliphatic carboxylic acids is 1. The summed E-state index contributed by atoms with van der Waals surface area (Å²) >= 11 is 0.827. The molecule has 1 heterocycles. The maximum Gasteiger partial charge on any atom is 0.412 e. The van der Waals surface area contributed by atoms with Crippen LogP contribution in [-0.2, 0) is 16.8 Å². The first-order chi connectivity index (χ1) is 8.82. The highest BCUT2D eigenvalue weighted by molar-refractivity contribution is 7.99. The van der Waals surface area contributed by atoms with Gasteiger partial charge in [-0.05, 0) is 19.3 Å². The Bertz CT molecular complexity index is 495. The van der Waals surface area contributed by atoms with Crippen LogP contribution in [0.25, 0.3) is 0 Å². The number of aromatic nitrogens is 2. The average Bonchev–Trinajstić information content (AvgIpc) is 3.01. The number of carbonyl (C=O) groups is 1. The Morgan fingerprint density at radius 3 is 2.63 bits per heavy atom. The van der Waals surface area contributed by atoms with E-state index in [4.69, 9.17) is 5.11 Å². The summed E-state index contributed by atoms with van der Waals surface area (Å²) in [6.07, 6.45) is -2.45. The van der Waals surface area contributed by atoms with Gasteiger partial charge in [0.15, 0.2) is 5.16 Å². The molecular weight excluding hydrogens is 281 g/mol. The van der Waals surface area contributed by atoms with E-state index >= 15 is 0 Å². The Morgan fingerprint density at radius 2 is 2.21 bits per heavy atom. The fourth-order valence-corrected chi connectivity index (χ4v) is 2.86. The zero-order valence-corrected chi connectivity index (χ0v) is 11.0. The Hall–Kier alpha value is -1.18. The van der Waals surface area contributed by atoms with Crippen molar-refractivity contribution in [2.45, 2.75) is 43.1 Å². The van der Waals surface area contributed by atoms with Crippen molar-refractivity contribution in [3.05, 3.63) is 11.9 Å². The fraction of sp³-hybridized carbons (Fsp3) is 0.636. The molecule has 1 aromatic heterocycles. The van der Waals surface area contributed by atoms with Crippen LogP contribution in [0.3, 0.4) is 0 Å². The van der Waals surface area contributed by atoms with Gasteiger partial charge in [0.2, 0.25) is 0 Å². The van der Waals surface area contributed by atoms with Gasteiger partial charge in [-0.1, -0.05) is 18.7 Å². The summed E-state index contributed by atoms with van der Waals surface area (Å²) in [4.78, 5) is 14.5. The number of carboxylic acid groups (broad SMARTS) is 1. The molecule has 1 aromatic rings. The number of carboxylic acids is 1. The third-order valence-electron chi connectivity index (χ3n) is 3.17. The molecule has 1 aliphatic rings. The summed E-state index contributed by atoms with van der Waals surface area (Å²) < 4.78 is 40.7. The molecule has 0 saturated heterocycles. The van der Waals surface area contributed by atoms with E-state index in [-0.39, 0.29) is 23.8 Å². The Morgan fingerprint density at radius 1 is 1.58 bits per heavy atom. The second kappa shape index (κ2) is 4.73. The van der Waals surface area contributed by atoms with Gasteiger partial charge in [-0.2, -0.15) is 13.2 Å². The van der Waals surface area contributed by atoms with Crippen molar-refractivity contribution in [3.8, 4) is 0 Å². The van der Waals surface area contributed by atoms with Crippen molar-refractivity contribution in [2.24, 2.45) is 0 Å². The van der Waals surface area contributed by atoms with E-state index in [1.807, 2.05) is 0 Å². The van der Waals surface area contributed by atoms with E-state index < -0.39 is 17.7 Å². The number of aryl methyl sites for hydroxylation is 1. The highest BCUT2D eigenvalue weighted by Crippen LogP contribution is 2.57. The highest BCUT2D eigenvalue weighted by atomic mass is 32.2. The van der Waals surface area contributed by atoms with Gasteiger partial charge in [-0.15, -0.1) is 0 Å². The SMILES string of the molecule is CCc1cnc(SCC(=O)O)n1C1(C(F)(F)F)CC1. The molecule has 1 saturated carbocycles. The van der Waals surface area contributed by atoms with E-state index in [9.17, 15) is 18.0 Å². The third-order valence-corrected chi connectivity index (χ3v) is 4.11. The smallest absolute Gasteiger partial charge is 0.412 e. The molecule has 1 fully saturated rings. The number of nitrogens with zero attached hydrogens (tertiary/aromatic N) is 2. The standard InChI is InChI=1S/C11H13F3N2O2S/c1-2-7-5-15-9(19-6-8(17)18)16(7)10(3-4-10)11(12,13)14/h5H,2-4,6H2,1H3,(H,17,18). The first-order valence-corrected chi connectivity index (χ1v) is 6.79. The van der Waals surface area contributed by atoms with Crippen molar-refractivity contribution in [1.29, 1.82) is 0 Å². The number of hydrogen-bond acceptors (Lipinski definition) is 3. The van der Waals surface area contributed by atoms with Crippen LogP contribution >= 0.6 is 11.8 Å². The number of halogens is 3. The maximum absolute atomic E-state index is 13.2. The van der Waals surface area contributed by atoms with Gasteiger partial charge in [-0.3, -0.25) is 4.79 Å². The molecule has 0 radical (unpaired) electrons. The zero-order chi connectivity index (χ0) is 14.3. The Kier molecular flexibility index (Phi) is 3.55. The maximum atomic E-state index is 13.2. The number of imidazole rings is 1. The van der Waals surface area contributed by atoms with Crippen molar-refractivity contribution in [2.75, 3.05) is 5.75 Å². The minimum absolute atomic E-state index is 0.0283. The molecule has 0 amide bonds. The molecule has 106 valence electrons. The number of hydrogen-bond donors (Lipinski definition) is 1. The minimum atomic E-state index is -4.34. The topological polar surface area (TPSA) is 55.1 Å². The van der Waals surface area contributed by atoms with Crippen LogP contribution in [0.15, 0.2) is 11.4 Å². The lowest BCUT2D eigenvalue weighted by Gasteiger charge is -2.24. The highest BCUT2D eigenvalue weighted by Gasteiger charge is 2.66. The minimum Gasteiger partial charge on any atom is -0.481 e. The molecule has 0 bridgehead atoms. The lowest BCUT2D eigenvalue weighted by Crippen LogP contribution is -2.36. The molecule has 0 atom stereocenters. The van der Waals surface area contributed by atoms with Gasteiger partial charge in [0.05, 0.1) is 5.75 Å². The molecule has 4 nitrogen and oxygen atoms in total. The quantitative estimate of drug-likeness (QED) is 0.848. The van der Waals surface area contributed by atoms with Crippen molar-refractivity contribution >= 4 is 17.7 Å². The molecule has 0 unspecified atom stereocenters. The number of alkyl halides is 3. The van der Waals surface area contributed by atoms with Crippen LogP contribution in [0.4, 0.5) is 13.2 Å². The van der Waals surface area contributed by atoms with E-state index in [1.165, 1.54) is 10.8 Å². The van der Waals surface area contributed by atoms with E-state index in [1.54, 1.807) is 6.92 Å². The summed E-state index contributed by atoms with van der Waals surface area (Å²) in [5, 5.41) is 8.76. The largest absolute Gasteiger partial charge is 0.481 e. The molecule has 8 heteroatoms. The molecule has 1 N–H and O–H groups in total. The van der Waals surface area contributed by atoms with Gasteiger partial charge in [0.25, 0.3) is 0 Å². The molecule has 0 aliphatic heterocycles. The Balaban J connectivity index is 2.38. The summed E-state index contributed by atoms with van der Waals surface area (Å²) in [5.41, 5.74) is -1.39. The summed E-state index contributed by atoms with van der Waals surface area (Å²) in [5.74, 6) is -1.37. The van der Waals surface area contributed by atoms with Crippen molar-refractivity contribution in [1.82, 2.24) is 9.55 Å². The number of rotatable bonds is 5. The molecule has 19 heavy (non-hydrogen) atoms. The van der Waals surface area contributed by atoms with Gasteiger partial charge in [0, 0.05) is 11.9 Å². The molecule has 2 rings (SSSR count). The van der Waals surface area contributed by atoms with Crippen LogP contribution in [0, 0.1) is 0 Å². The second-order valence-corrected chi connectivity index (χ2v) is 5.38. The van der Waals surface area contributed by atoms with Crippen LogP contribution in [0.1, 0.15) is 25.5 Å². The predicted octanol–water partition coefficient (Wildman–Crippen LogP) is 2.67. The predicted molar refractivity (Wildman–Crippen MR) is 63.2 cm³/mol. The monoisotopic (exact) mass is 294 g/mol. The van der Waals surface area contributed by atoms with Crippen LogP contribution in [0.2, 0.25) is 0 Å². The van der Waals surface area contributed by atoms with E-state index in [0.717, 1.165) is 11.8 Å². The fourth-order valence-electron chi connectivity index (χ4n) is 2.06. The summed E-state index contributed by atoms with van der Waals surface area (Å²) in [7, 11) is 0. The van der Waals surface area contributed by atoms with Gasteiger partial charge >= 0.3 is 12.1 Å². The molecule has 1 aliphatic carbocycles. The van der Waals surface area contributed by atoms with Crippen LogP contribution in [0.5, 0.6) is 0 Å². The van der Waals surface area contributed by atoms with E-state index in [2.05, 4.69) is 4.98 Å². The van der Waals surface area contributed by atoms with Gasteiger partial charge in [-0.25, -0.2) is 4.98 Å². The van der Waals surface area contributed by atoms with Crippen LogP contribution in [-0.4, -0.2) is 32.6 Å². The summed E-state index contributed by atoms with van der Waals surface area (Å²) in [6, 6.07) is 0. The first-order valence-electron chi connectivity index (χ1n) is 5.80. The number of thioether (sulfide) groups is 1. The van der Waals surface area contributed by atoms with Crippen molar-refractivity contribution in [3.63, 3.8) is 0 Å². The van der Waals surface area contributed by atoms with Gasteiger partial charge < -0.3 is 9.67 Å². The lowest BCUT2D eigenvalue weighted by atomic mass is 10.2. The first kappa shape index (κ1) is 14.2. The normalized spacial score (nSPS) is 17.5. The third kappa shape index (κ3) is 2.45. The molecule has 0 spiro atoms. The van der Waals surface area contributed by atoms with Crippen LogP contribution < -0.4 is 0 Å².